The third-order valence-corrected chi connectivity index (χ3v) is 9.57. The van der Waals surface area contributed by atoms with Gasteiger partial charge in [-0.2, -0.15) is 0 Å². The predicted octanol–water partition coefficient (Wildman–Crippen LogP) is 5.68. The molecule has 6 atom stereocenters. The Balaban J connectivity index is 1.33. The number of carbonyl (C=O) groups excluding carboxylic acids is 4. The largest absolute Gasteiger partial charge is 0.445 e. The van der Waals surface area contributed by atoms with E-state index in [0.29, 0.717) is 24.0 Å². The van der Waals surface area contributed by atoms with Crippen LogP contribution in [0.5, 0.6) is 0 Å². The minimum absolute atomic E-state index is 0.000911. The van der Waals surface area contributed by atoms with Crippen molar-refractivity contribution in [3.63, 3.8) is 0 Å². The molecule has 0 bridgehead atoms. The summed E-state index contributed by atoms with van der Waals surface area (Å²) in [6.07, 6.45) is 4.87. The van der Waals surface area contributed by atoms with Crippen molar-refractivity contribution >= 4 is 24.0 Å². The fourth-order valence-corrected chi connectivity index (χ4v) is 6.48. The molecule has 0 aliphatic carbocycles. The molecule has 2 aromatic carbocycles. The van der Waals surface area contributed by atoms with Crippen LogP contribution in [0.25, 0.3) is 0 Å². The van der Waals surface area contributed by atoms with Crippen LogP contribution in [0.4, 0.5) is 9.59 Å². The number of nitrogens with zero attached hydrogens (tertiary/aromatic N) is 2. The molecule has 1 fully saturated rings. The highest BCUT2D eigenvalue weighted by atomic mass is 16.6. The molecule has 0 saturated carbocycles. The molecule has 0 radical (unpaired) electrons. The molecule has 1 aliphatic heterocycles. The molecule has 3 heterocycles. The first-order chi connectivity index (χ1) is 27.2. The minimum atomic E-state index is -0.953. The molecule has 0 spiro atoms. The number of amides is 4. The van der Waals surface area contributed by atoms with Crippen LogP contribution in [0, 0.1) is 10.8 Å². The van der Waals surface area contributed by atoms with Gasteiger partial charge < -0.3 is 35.5 Å². The van der Waals surface area contributed by atoms with Gasteiger partial charge in [-0.05, 0) is 46.9 Å². The van der Waals surface area contributed by atoms with Gasteiger partial charge in [0, 0.05) is 35.9 Å². The lowest BCUT2D eigenvalue weighted by Crippen LogP contribution is -2.58. The molecule has 4 aromatic rings. The number of pyridine rings is 2. The van der Waals surface area contributed by atoms with Crippen molar-refractivity contribution in [3.8, 4) is 0 Å². The zero-order chi connectivity index (χ0) is 41.0. The lowest BCUT2D eigenvalue weighted by Gasteiger charge is -2.32. The highest BCUT2D eigenvalue weighted by Gasteiger charge is 2.51. The van der Waals surface area contributed by atoms with Crippen molar-refractivity contribution in [1.29, 1.82) is 0 Å². The maximum absolute atomic E-state index is 14.2. The molecule has 302 valence electrons. The van der Waals surface area contributed by atoms with E-state index in [9.17, 15) is 19.2 Å². The van der Waals surface area contributed by atoms with Crippen molar-refractivity contribution in [3.05, 3.63) is 132 Å². The number of nitrogens with one attached hydrogen (secondary N) is 4. The van der Waals surface area contributed by atoms with E-state index >= 15 is 0 Å². The number of epoxide rings is 1. The molecule has 1 saturated heterocycles. The summed E-state index contributed by atoms with van der Waals surface area (Å²) in [6, 6.07) is 23.6. The summed E-state index contributed by atoms with van der Waals surface area (Å²) in [5.74, 6) is -0.803. The van der Waals surface area contributed by atoms with Gasteiger partial charge in [-0.25, -0.2) is 9.59 Å². The summed E-state index contributed by atoms with van der Waals surface area (Å²) in [7, 11) is 0. The van der Waals surface area contributed by atoms with Gasteiger partial charge >= 0.3 is 12.2 Å². The van der Waals surface area contributed by atoms with Gasteiger partial charge in [0.2, 0.25) is 11.8 Å². The highest BCUT2D eigenvalue weighted by molar-refractivity contribution is 5.87. The van der Waals surface area contributed by atoms with E-state index in [-0.39, 0.29) is 13.2 Å². The predicted molar refractivity (Wildman–Crippen MR) is 214 cm³/mol. The lowest BCUT2D eigenvalue weighted by atomic mass is 9.85. The maximum atomic E-state index is 14.2. The standard InChI is InChI=1S/C44H54N6O7/c1-43(2,3)37(49-41(53)55-27-31-19-13-21-45-25-31)39(51)47-33(23-29-15-9-7-10-16-29)35-36(57-35)34(24-30-17-11-8-12-18-30)48-40(52)38(44(4,5)6)50-42(54)56-28-32-20-14-22-46-26-32/h7-22,25-26,33-38H,23-24,27-28H2,1-6H3,(H,47,51)(H,48,52)(H,49,53)(H,50,54)/t33-,34-,35-,36+,37+,38+/m0/s1. The molecule has 0 unspecified atom stereocenters. The Morgan fingerprint density at radius 1 is 0.561 bits per heavy atom. The van der Waals surface area contributed by atoms with Crippen molar-refractivity contribution in [2.75, 3.05) is 0 Å². The zero-order valence-electron chi connectivity index (χ0n) is 33.4. The molecule has 4 N–H and O–H groups in total. The third-order valence-electron chi connectivity index (χ3n) is 9.57. The number of rotatable bonds is 16. The van der Waals surface area contributed by atoms with E-state index in [1.165, 1.54) is 0 Å². The first kappa shape index (κ1) is 42.3. The van der Waals surface area contributed by atoms with Crippen molar-refractivity contribution < 1.29 is 33.4 Å². The Kier molecular flexibility index (Phi) is 14.4. The molecular weight excluding hydrogens is 725 g/mol. The molecule has 57 heavy (non-hydrogen) atoms. The molecular formula is C44H54N6O7. The van der Waals surface area contributed by atoms with Crippen LogP contribution < -0.4 is 21.3 Å². The maximum Gasteiger partial charge on any atom is 0.408 e. The number of hydrogen-bond acceptors (Lipinski definition) is 9. The quantitative estimate of drug-likeness (QED) is 0.104. The minimum Gasteiger partial charge on any atom is -0.445 e. The number of ether oxygens (including phenoxy) is 3. The summed E-state index contributed by atoms with van der Waals surface area (Å²) in [6.45, 7) is 11.2. The molecule has 13 heteroatoms. The van der Waals surface area contributed by atoms with Crippen LogP contribution in [-0.2, 0) is 49.9 Å². The molecule has 2 aromatic heterocycles. The van der Waals surface area contributed by atoms with Crippen LogP contribution >= 0.6 is 0 Å². The smallest absolute Gasteiger partial charge is 0.408 e. The average Bonchev–Trinajstić information content (AvgIpc) is 3.99. The van der Waals surface area contributed by atoms with E-state index < -0.39 is 71.2 Å². The van der Waals surface area contributed by atoms with Crippen molar-refractivity contribution in [1.82, 2.24) is 31.2 Å². The van der Waals surface area contributed by atoms with E-state index in [2.05, 4.69) is 31.2 Å². The number of carbonyl (C=O) groups is 4. The summed E-state index contributed by atoms with van der Waals surface area (Å²) < 4.78 is 17.3. The number of hydrogen-bond donors (Lipinski definition) is 4. The fourth-order valence-electron chi connectivity index (χ4n) is 6.48. The highest BCUT2D eigenvalue weighted by Crippen LogP contribution is 2.33. The second-order valence-electron chi connectivity index (χ2n) is 16.4. The Bertz CT molecular complexity index is 1760. The topological polar surface area (TPSA) is 173 Å². The fraction of sp³-hybridized carbons (Fsp3) is 0.409. The van der Waals surface area contributed by atoms with Gasteiger partial charge in [0.05, 0.1) is 12.1 Å². The summed E-state index contributed by atoms with van der Waals surface area (Å²) in [5.41, 5.74) is 2.00. The van der Waals surface area contributed by atoms with Gasteiger partial charge in [0.25, 0.3) is 0 Å². The summed E-state index contributed by atoms with van der Waals surface area (Å²) in [4.78, 5) is 62.4. The lowest BCUT2D eigenvalue weighted by molar-refractivity contribution is -0.127. The number of aromatic nitrogens is 2. The SMILES string of the molecule is CC(C)(C)[C@H](NC(=O)OCc1cccnc1)C(=O)N[C@@H](Cc1ccccc1)[C@@H]1O[C@@H]1[C@H](Cc1ccccc1)NC(=O)[C@@H](NC(=O)OCc1cccnc1)C(C)(C)C. The van der Waals surface area contributed by atoms with E-state index in [4.69, 9.17) is 14.2 Å². The Morgan fingerprint density at radius 2 is 0.930 bits per heavy atom. The van der Waals surface area contributed by atoms with Gasteiger partial charge in [-0.15, -0.1) is 0 Å². The molecule has 4 amide bonds. The second-order valence-corrected chi connectivity index (χ2v) is 16.4. The average molecular weight is 779 g/mol. The third kappa shape index (κ3) is 13.1. The van der Waals surface area contributed by atoms with Crippen LogP contribution in [-0.4, -0.2) is 70.3 Å². The van der Waals surface area contributed by atoms with E-state index in [0.717, 1.165) is 11.1 Å². The van der Waals surface area contributed by atoms with Crippen LogP contribution in [0.1, 0.15) is 63.8 Å². The van der Waals surface area contributed by atoms with E-state index in [1.54, 1.807) is 49.1 Å². The molecule has 5 rings (SSSR count). The Labute approximate surface area is 334 Å². The van der Waals surface area contributed by atoms with Gasteiger partial charge in [-0.1, -0.05) is 114 Å². The second kappa shape index (κ2) is 19.4. The van der Waals surface area contributed by atoms with Gasteiger partial charge in [0.15, 0.2) is 0 Å². The Hall–Kier alpha value is -5.82. The number of alkyl carbamates (subject to hydrolysis) is 2. The Morgan fingerprint density at radius 3 is 1.26 bits per heavy atom. The first-order valence-electron chi connectivity index (χ1n) is 19.2. The molecule has 13 nitrogen and oxygen atoms in total. The van der Waals surface area contributed by atoms with Crippen LogP contribution in [0.15, 0.2) is 110 Å². The van der Waals surface area contributed by atoms with Crippen LogP contribution in [0.3, 0.4) is 0 Å². The first-order valence-corrected chi connectivity index (χ1v) is 19.2. The van der Waals surface area contributed by atoms with Crippen LogP contribution in [0.2, 0.25) is 0 Å². The zero-order valence-corrected chi connectivity index (χ0v) is 33.4. The van der Waals surface area contributed by atoms with Crippen molar-refractivity contribution in [2.45, 2.75) is 104 Å². The normalized spacial score (nSPS) is 17.2. The van der Waals surface area contributed by atoms with Gasteiger partial charge in [0.1, 0.15) is 37.5 Å². The number of benzene rings is 2. The summed E-state index contributed by atoms with van der Waals surface area (Å²) in [5, 5.41) is 11.9. The molecule has 1 aliphatic rings. The van der Waals surface area contributed by atoms with E-state index in [1.807, 2.05) is 102 Å². The monoisotopic (exact) mass is 778 g/mol. The van der Waals surface area contributed by atoms with Gasteiger partial charge in [-0.3, -0.25) is 19.6 Å². The van der Waals surface area contributed by atoms with Crippen molar-refractivity contribution in [2.24, 2.45) is 10.8 Å². The summed E-state index contributed by atoms with van der Waals surface area (Å²) >= 11 is 0.